The second-order valence-electron chi connectivity index (χ2n) is 4.69. The van der Waals surface area contributed by atoms with E-state index in [1.807, 2.05) is 18.2 Å². The monoisotopic (exact) mass is 268 g/mol. The number of nitrogens with one attached hydrogen (secondary N) is 1. The second kappa shape index (κ2) is 6.98. The Hall–Kier alpha value is -0.770. The summed E-state index contributed by atoms with van der Waals surface area (Å²) in [5.74, 6) is 0. The van der Waals surface area contributed by atoms with Crippen molar-refractivity contribution in [1.29, 1.82) is 0 Å². The van der Waals surface area contributed by atoms with E-state index in [2.05, 4.69) is 17.1 Å². The summed E-state index contributed by atoms with van der Waals surface area (Å²) in [5.41, 5.74) is 2.38. The number of halogens is 1. The molecule has 1 aromatic rings. The molecule has 0 aliphatic carbocycles. The van der Waals surface area contributed by atoms with Crippen LogP contribution in [0.2, 0.25) is 5.02 Å². The molecule has 1 heterocycles. The van der Waals surface area contributed by atoms with Gasteiger partial charge in [0.25, 0.3) is 0 Å². The Kier molecular flexibility index (Phi) is 5.29. The van der Waals surface area contributed by atoms with Crippen molar-refractivity contribution in [2.75, 3.05) is 44.7 Å². The van der Waals surface area contributed by atoms with E-state index >= 15 is 0 Å². The zero-order chi connectivity index (χ0) is 12.8. The fourth-order valence-corrected chi connectivity index (χ4v) is 2.31. The first-order valence-electron chi connectivity index (χ1n) is 6.56. The molecule has 0 atom stereocenters. The van der Waals surface area contributed by atoms with Gasteiger partial charge in [-0.1, -0.05) is 17.7 Å². The fraction of sp³-hybridized carbons (Fsp3) is 0.571. The van der Waals surface area contributed by atoms with Crippen LogP contribution in [0.15, 0.2) is 18.2 Å². The third kappa shape index (κ3) is 4.16. The van der Waals surface area contributed by atoms with Gasteiger partial charge in [0.05, 0.1) is 13.2 Å². The average molecular weight is 269 g/mol. The topological polar surface area (TPSA) is 24.5 Å². The molecule has 0 saturated carbocycles. The summed E-state index contributed by atoms with van der Waals surface area (Å²) in [5, 5.41) is 4.24. The van der Waals surface area contributed by atoms with Crippen molar-refractivity contribution in [3.63, 3.8) is 0 Å². The average Bonchev–Trinajstić information content (AvgIpc) is 2.40. The van der Waals surface area contributed by atoms with E-state index in [9.17, 15) is 0 Å². The van der Waals surface area contributed by atoms with E-state index in [1.54, 1.807) is 0 Å². The van der Waals surface area contributed by atoms with Gasteiger partial charge >= 0.3 is 0 Å². The minimum absolute atomic E-state index is 0.788. The molecule has 0 spiro atoms. The second-order valence-corrected chi connectivity index (χ2v) is 5.13. The summed E-state index contributed by atoms with van der Waals surface area (Å²) in [6, 6.07) is 5.97. The lowest BCUT2D eigenvalue weighted by Gasteiger charge is -2.26. The molecule has 0 unspecified atom stereocenters. The Morgan fingerprint density at radius 1 is 1.33 bits per heavy atom. The number of ether oxygens (including phenoxy) is 1. The van der Waals surface area contributed by atoms with Gasteiger partial charge in [0.2, 0.25) is 0 Å². The highest BCUT2D eigenvalue weighted by Gasteiger charge is 2.09. The molecule has 4 heteroatoms. The van der Waals surface area contributed by atoms with E-state index in [1.165, 1.54) is 5.56 Å². The van der Waals surface area contributed by atoms with Crippen LogP contribution < -0.4 is 5.32 Å². The van der Waals surface area contributed by atoms with Crippen molar-refractivity contribution in [2.45, 2.75) is 13.3 Å². The maximum absolute atomic E-state index is 5.99. The summed E-state index contributed by atoms with van der Waals surface area (Å²) in [4.78, 5) is 2.45. The molecule has 100 valence electrons. The van der Waals surface area contributed by atoms with Crippen molar-refractivity contribution in [1.82, 2.24) is 4.90 Å². The minimum Gasteiger partial charge on any atom is -0.385 e. The maximum atomic E-state index is 5.99. The Morgan fingerprint density at radius 3 is 2.89 bits per heavy atom. The van der Waals surface area contributed by atoms with Crippen molar-refractivity contribution >= 4 is 17.3 Å². The highest BCUT2D eigenvalue weighted by Crippen LogP contribution is 2.19. The third-order valence-electron chi connectivity index (χ3n) is 3.27. The number of benzene rings is 1. The number of aryl methyl sites for hydroxylation is 1. The lowest BCUT2D eigenvalue weighted by molar-refractivity contribution is 0.0378. The smallest absolute Gasteiger partial charge is 0.0594 e. The van der Waals surface area contributed by atoms with Gasteiger partial charge in [-0.3, -0.25) is 4.90 Å². The van der Waals surface area contributed by atoms with Gasteiger partial charge in [0, 0.05) is 30.3 Å². The van der Waals surface area contributed by atoms with Gasteiger partial charge in [0.15, 0.2) is 0 Å². The molecule has 2 rings (SSSR count). The number of anilines is 1. The normalized spacial score (nSPS) is 16.8. The van der Waals surface area contributed by atoms with Crippen LogP contribution in [0.3, 0.4) is 0 Å². The van der Waals surface area contributed by atoms with Crippen LogP contribution in [0, 0.1) is 6.92 Å². The highest BCUT2D eigenvalue weighted by atomic mass is 35.5. The number of morpholine rings is 1. The Bertz CT molecular complexity index is 378. The molecular weight excluding hydrogens is 248 g/mol. The summed E-state index contributed by atoms with van der Waals surface area (Å²) < 4.78 is 5.33. The highest BCUT2D eigenvalue weighted by molar-refractivity contribution is 6.30. The molecule has 1 saturated heterocycles. The lowest BCUT2D eigenvalue weighted by atomic mass is 10.2. The van der Waals surface area contributed by atoms with Gasteiger partial charge in [-0.05, 0) is 37.6 Å². The van der Waals surface area contributed by atoms with Crippen LogP contribution in [0.5, 0.6) is 0 Å². The quantitative estimate of drug-likeness (QED) is 0.831. The predicted molar refractivity (Wildman–Crippen MR) is 76.6 cm³/mol. The lowest BCUT2D eigenvalue weighted by Crippen LogP contribution is -2.37. The molecule has 0 amide bonds. The van der Waals surface area contributed by atoms with Crippen LogP contribution in [0.1, 0.15) is 12.0 Å². The maximum Gasteiger partial charge on any atom is 0.0594 e. The number of hydrogen-bond acceptors (Lipinski definition) is 3. The fourth-order valence-electron chi connectivity index (χ4n) is 2.14. The van der Waals surface area contributed by atoms with Crippen LogP contribution in [-0.4, -0.2) is 44.3 Å². The van der Waals surface area contributed by atoms with E-state index in [-0.39, 0.29) is 0 Å². The standard InChI is InChI=1S/C14H21ClN2O/c1-12-3-4-13(15)11-14(12)16-5-2-6-17-7-9-18-10-8-17/h3-4,11,16H,2,5-10H2,1H3. The van der Waals surface area contributed by atoms with Gasteiger partial charge in [0.1, 0.15) is 0 Å². The van der Waals surface area contributed by atoms with Crippen molar-refractivity contribution in [3.05, 3.63) is 28.8 Å². The van der Waals surface area contributed by atoms with Crippen LogP contribution in [0.25, 0.3) is 0 Å². The summed E-state index contributed by atoms with van der Waals surface area (Å²) in [7, 11) is 0. The van der Waals surface area contributed by atoms with Gasteiger partial charge in [-0.15, -0.1) is 0 Å². The van der Waals surface area contributed by atoms with E-state index in [0.717, 1.165) is 56.5 Å². The molecule has 0 aromatic heterocycles. The molecule has 1 aromatic carbocycles. The zero-order valence-corrected chi connectivity index (χ0v) is 11.7. The van der Waals surface area contributed by atoms with Crippen LogP contribution >= 0.6 is 11.6 Å². The Morgan fingerprint density at radius 2 is 2.11 bits per heavy atom. The van der Waals surface area contributed by atoms with Gasteiger partial charge in [-0.2, -0.15) is 0 Å². The Labute approximate surface area is 114 Å². The number of rotatable bonds is 5. The molecule has 18 heavy (non-hydrogen) atoms. The molecule has 1 fully saturated rings. The summed E-state index contributed by atoms with van der Waals surface area (Å²) >= 11 is 5.99. The molecule has 1 N–H and O–H groups in total. The summed E-state index contributed by atoms with van der Waals surface area (Å²) in [6.45, 7) is 8.10. The minimum atomic E-state index is 0.788. The predicted octanol–water partition coefficient (Wildman–Crippen LogP) is 2.78. The van der Waals surface area contributed by atoms with Crippen molar-refractivity contribution in [3.8, 4) is 0 Å². The van der Waals surface area contributed by atoms with Crippen LogP contribution in [-0.2, 0) is 4.74 Å². The van der Waals surface area contributed by atoms with E-state index in [4.69, 9.17) is 16.3 Å². The molecule has 1 aliphatic heterocycles. The summed E-state index contributed by atoms with van der Waals surface area (Å²) in [6.07, 6.45) is 1.14. The first-order valence-corrected chi connectivity index (χ1v) is 6.93. The van der Waals surface area contributed by atoms with E-state index < -0.39 is 0 Å². The molecule has 3 nitrogen and oxygen atoms in total. The molecule has 0 radical (unpaired) electrons. The molecular formula is C14H21ClN2O. The van der Waals surface area contributed by atoms with E-state index in [0.29, 0.717) is 0 Å². The van der Waals surface area contributed by atoms with Gasteiger partial charge in [-0.25, -0.2) is 0 Å². The Balaban J connectivity index is 1.69. The first kappa shape index (κ1) is 13.7. The van der Waals surface area contributed by atoms with Gasteiger partial charge < -0.3 is 10.1 Å². The van der Waals surface area contributed by atoms with Crippen molar-refractivity contribution < 1.29 is 4.74 Å². The SMILES string of the molecule is Cc1ccc(Cl)cc1NCCCN1CCOCC1. The number of hydrogen-bond donors (Lipinski definition) is 1. The first-order chi connectivity index (χ1) is 8.75. The largest absolute Gasteiger partial charge is 0.385 e. The number of nitrogens with zero attached hydrogens (tertiary/aromatic N) is 1. The van der Waals surface area contributed by atoms with Crippen molar-refractivity contribution in [2.24, 2.45) is 0 Å². The zero-order valence-electron chi connectivity index (χ0n) is 10.9. The molecule has 0 bridgehead atoms. The third-order valence-corrected chi connectivity index (χ3v) is 3.50. The molecule has 1 aliphatic rings. The van der Waals surface area contributed by atoms with Crippen LogP contribution in [0.4, 0.5) is 5.69 Å².